The number of furan rings is 1. The van der Waals surface area contributed by atoms with E-state index < -0.39 is 5.60 Å². The molecule has 1 aromatic carbocycles. The number of ether oxygens (including phenoxy) is 1. The second-order valence-electron chi connectivity index (χ2n) is 5.84. The number of nitrogens with zero attached hydrogens (tertiary/aromatic N) is 1. The van der Waals surface area contributed by atoms with Crippen molar-refractivity contribution in [3.8, 4) is 5.75 Å². The van der Waals surface area contributed by atoms with Gasteiger partial charge in [0.1, 0.15) is 17.1 Å². The van der Waals surface area contributed by atoms with Crippen LogP contribution in [0.4, 0.5) is 0 Å². The Morgan fingerprint density at radius 2 is 2.00 bits per heavy atom. The van der Waals surface area contributed by atoms with E-state index in [1.165, 1.54) is 0 Å². The highest BCUT2D eigenvalue weighted by Gasteiger charge is 2.26. The van der Waals surface area contributed by atoms with Crippen molar-refractivity contribution < 1.29 is 14.3 Å². The van der Waals surface area contributed by atoms with Gasteiger partial charge >= 0.3 is 0 Å². The van der Waals surface area contributed by atoms with Crippen molar-refractivity contribution in [2.75, 3.05) is 19.7 Å². The quantitative estimate of drug-likeness (QED) is 0.506. The van der Waals surface area contributed by atoms with Gasteiger partial charge in [-0.15, -0.1) is 0 Å². The molecule has 1 aromatic heterocycles. The van der Waals surface area contributed by atoms with Gasteiger partial charge in [-0.1, -0.05) is 18.2 Å². The van der Waals surface area contributed by atoms with E-state index in [0.29, 0.717) is 24.9 Å². The monoisotopic (exact) mass is 345 g/mol. The molecule has 1 atom stereocenters. The van der Waals surface area contributed by atoms with E-state index in [9.17, 15) is 5.11 Å². The van der Waals surface area contributed by atoms with E-state index in [1.807, 2.05) is 38.1 Å². The summed E-state index contributed by atoms with van der Waals surface area (Å²) in [5, 5.41) is 16.9. The number of hydrogen-bond acceptors (Lipinski definition) is 4. The lowest BCUT2D eigenvalue weighted by Gasteiger charge is -2.22. The molecule has 25 heavy (non-hydrogen) atoms. The third-order valence-electron chi connectivity index (χ3n) is 3.68. The average Bonchev–Trinajstić information content (AvgIpc) is 3.14. The summed E-state index contributed by atoms with van der Waals surface area (Å²) in [7, 11) is 0. The van der Waals surface area contributed by atoms with Crippen molar-refractivity contribution in [3.05, 3.63) is 54.0 Å². The van der Waals surface area contributed by atoms with Crippen LogP contribution in [0, 0.1) is 0 Å². The number of rotatable bonds is 8. The normalized spacial score (nSPS) is 14.0. The zero-order valence-electron chi connectivity index (χ0n) is 15.1. The molecule has 3 N–H and O–H groups in total. The number of guanidine groups is 1. The fourth-order valence-corrected chi connectivity index (χ4v) is 2.36. The maximum Gasteiger partial charge on any atom is 0.191 e. The Morgan fingerprint density at radius 1 is 1.20 bits per heavy atom. The third-order valence-corrected chi connectivity index (χ3v) is 3.68. The maximum atomic E-state index is 10.5. The summed E-state index contributed by atoms with van der Waals surface area (Å²) in [6, 6.07) is 11.4. The van der Waals surface area contributed by atoms with Crippen molar-refractivity contribution >= 4 is 5.96 Å². The van der Waals surface area contributed by atoms with Crippen LogP contribution in [0.5, 0.6) is 5.75 Å². The van der Waals surface area contributed by atoms with E-state index in [4.69, 9.17) is 9.15 Å². The van der Waals surface area contributed by atoms with Crippen LogP contribution in [0.15, 0.2) is 52.1 Å². The van der Waals surface area contributed by atoms with Gasteiger partial charge in [0.25, 0.3) is 0 Å². The molecule has 2 rings (SSSR count). The smallest absolute Gasteiger partial charge is 0.191 e. The summed E-state index contributed by atoms with van der Waals surface area (Å²) in [5.74, 6) is 1.98. The van der Waals surface area contributed by atoms with Gasteiger partial charge in [-0.25, -0.2) is 4.99 Å². The zero-order valence-corrected chi connectivity index (χ0v) is 15.1. The van der Waals surface area contributed by atoms with Crippen molar-refractivity contribution in [1.82, 2.24) is 10.6 Å². The molecule has 136 valence electrons. The molecule has 0 saturated carbocycles. The van der Waals surface area contributed by atoms with Gasteiger partial charge in [-0.2, -0.15) is 0 Å². The molecule has 0 aliphatic rings. The van der Waals surface area contributed by atoms with Crippen LogP contribution in [0.25, 0.3) is 0 Å². The average molecular weight is 345 g/mol. The lowest BCUT2D eigenvalue weighted by molar-refractivity contribution is 0.0386. The van der Waals surface area contributed by atoms with E-state index >= 15 is 0 Å². The molecule has 0 spiro atoms. The molecule has 0 aliphatic heterocycles. The van der Waals surface area contributed by atoms with Gasteiger partial charge in [0.05, 0.1) is 26.0 Å². The standard InChI is InChI=1S/C19H27N3O3/c1-4-20-18(22-14-19(3,23)17-11-8-12-25-17)21-13-15-9-6-7-10-16(15)24-5-2/h6-12,23H,4-5,13-14H2,1-3H3,(H2,20,21,22). The Morgan fingerprint density at radius 3 is 2.68 bits per heavy atom. The molecular weight excluding hydrogens is 318 g/mol. The molecule has 0 fully saturated rings. The topological polar surface area (TPSA) is 79.0 Å². The lowest BCUT2D eigenvalue weighted by atomic mass is 10.0. The minimum absolute atomic E-state index is 0.277. The number of hydrogen-bond donors (Lipinski definition) is 3. The SMILES string of the molecule is CCNC(=NCc1ccccc1OCC)NCC(C)(O)c1ccco1. The fraction of sp³-hybridized carbons (Fsp3) is 0.421. The molecule has 0 radical (unpaired) electrons. The van der Waals surface area contributed by atoms with E-state index in [1.54, 1.807) is 25.3 Å². The largest absolute Gasteiger partial charge is 0.494 e. The molecule has 6 heteroatoms. The van der Waals surface area contributed by atoms with Gasteiger partial charge in [-0.3, -0.25) is 0 Å². The third kappa shape index (κ3) is 5.53. The summed E-state index contributed by atoms with van der Waals surface area (Å²) in [4.78, 5) is 4.58. The summed E-state index contributed by atoms with van der Waals surface area (Å²) in [6.45, 7) is 7.76. The van der Waals surface area contributed by atoms with Crippen molar-refractivity contribution in [2.24, 2.45) is 4.99 Å². The molecule has 0 aliphatic carbocycles. The number of nitrogens with one attached hydrogen (secondary N) is 2. The molecule has 1 unspecified atom stereocenters. The van der Waals surface area contributed by atoms with Gasteiger partial charge in [0.15, 0.2) is 5.96 Å². The highest BCUT2D eigenvalue weighted by atomic mass is 16.5. The highest BCUT2D eigenvalue weighted by molar-refractivity contribution is 5.79. The summed E-state index contributed by atoms with van der Waals surface area (Å²) >= 11 is 0. The lowest BCUT2D eigenvalue weighted by Crippen LogP contribution is -2.44. The van der Waals surface area contributed by atoms with Gasteiger partial charge in [0, 0.05) is 12.1 Å². The van der Waals surface area contributed by atoms with E-state index in [0.717, 1.165) is 17.9 Å². The number of benzene rings is 1. The van der Waals surface area contributed by atoms with Crippen LogP contribution in [0.2, 0.25) is 0 Å². The van der Waals surface area contributed by atoms with Gasteiger partial charge in [-0.05, 0) is 39.0 Å². The fourth-order valence-electron chi connectivity index (χ4n) is 2.36. The Labute approximate surface area is 148 Å². The first-order valence-electron chi connectivity index (χ1n) is 8.56. The molecule has 0 amide bonds. The molecular formula is C19H27N3O3. The molecule has 0 saturated heterocycles. The zero-order chi connectivity index (χ0) is 18.1. The summed E-state index contributed by atoms with van der Waals surface area (Å²) < 4.78 is 10.9. The van der Waals surface area contributed by atoms with Gasteiger partial charge < -0.3 is 24.9 Å². The van der Waals surface area contributed by atoms with Crippen molar-refractivity contribution in [2.45, 2.75) is 32.9 Å². The van der Waals surface area contributed by atoms with Crippen LogP contribution < -0.4 is 15.4 Å². The number of para-hydroxylation sites is 1. The minimum Gasteiger partial charge on any atom is -0.494 e. The second-order valence-corrected chi connectivity index (χ2v) is 5.84. The van der Waals surface area contributed by atoms with Crippen molar-refractivity contribution in [3.63, 3.8) is 0 Å². The van der Waals surface area contributed by atoms with Crippen LogP contribution >= 0.6 is 0 Å². The van der Waals surface area contributed by atoms with Crippen LogP contribution in [-0.4, -0.2) is 30.8 Å². The Balaban J connectivity index is 2.03. The molecule has 0 bridgehead atoms. The number of aliphatic hydroxyl groups is 1. The number of aliphatic imine (C=N–C) groups is 1. The predicted molar refractivity (Wildman–Crippen MR) is 98.7 cm³/mol. The van der Waals surface area contributed by atoms with Gasteiger partial charge in [0.2, 0.25) is 0 Å². The highest BCUT2D eigenvalue weighted by Crippen LogP contribution is 2.20. The van der Waals surface area contributed by atoms with Crippen LogP contribution in [0.3, 0.4) is 0 Å². The van der Waals surface area contributed by atoms with Crippen molar-refractivity contribution in [1.29, 1.82) is 0 Å². The van der Waals surface area contributed by atoms with Crippen LogP contribution in [0.1, 0.15) is 32.1 Å². The van der Waals surface area contributed by atoms with E-state index in [-0.39, 0.29) is 6.54 Å². The minimum atomic E-state index is -1.12. The maximum absolute atomic E-state index is 10.5. The summed E-state index contributed by atoms with van der Waals surface area (Å²) in [5.41, 5.74) is -0.109. The van der Waals surface area contributed by atoms with Crippen LogP contribution in [-0.2, 0) is 12.1 Å². The molecule has 2 aromatic rings. The molecule has 6 nitrogen and oxygen atoms in total. The molecule has 1 heterocycles. The Hall–Kier alpha value is -2.47. The predicted octanol–water partition coefficient (Wildman–Crippen LogP) is 2.64. The van der Waals surface area contributed by atoms with E-state index in [2.05, 4.69) is 15.6 Å². The Kier molecular flexibility index (Phi) is 6.89. The first-order chi connectivity index (χ1) is 12.1. The second kappa shape index (κ2) is 9.13. The first-order valence-corrected chi connectivity index (χ1v) is 8.56. The summed E-state index contributed by atoms with van der Waals surface area (Å²) in [6.07, 6.45) is 1.55. The Bertz CT molecular complexity index is 666. The first kappa shape index (κ1) is 18.9.